The van der Waals surface area contributed by atoms with Gasteiger partial charge in [-0.25, -0.2) is 4.98 Å². The van der Waals surface area contributed by atoms with E-state index in [0.717, 1.165) is 25.9 Å². The molecule has 1 aromatic carbocycles. The maximum absolute atomic E-state index is 12.9. The summed E-state index contributed by atoms with van der Waals surface area (Å²) < 4.78 is 7.33. The molecule has 9 heteroatoms. The zero-order valence-corrected chi connectivity index (χ0v) is 19.0. The van der Waals surface area contributed by atoms with Gasteiger partial charge in [0.15, 0.2) is 0 Å². The molecule has 1 spiro atoms. The zero-order chi connectivity index (χ0) is 20.1. The molecular formula is C19H21Cl2IN4O2. The molecule has 2 fully saturated rings. The number of ether oxygens (including phenoxy) is 1. The highest BCUT2D eigenvalue weighted by Gasteiger charge is 2.48. The SMILES string of the molecule is Cc1nc(N2CCC3(CC2)CO[C@@H](I)[C@H]3N)cc(=O)n1-c1cccc(Cl)c1Cl. The summed E-state index contributed by atoms with van der Waals surface area (Å²) in [6.45, 7) is 4.11. The summed E-state index contributed by atoms with van der Waals surface area (Å²) in [5, 5.41) is 0.743. The first-order valence-electron chi connectivity index (χ1n) is 9.14. The Labute approximate surface area is 187 Å². The van der Waals surface area contributed by atoms with Gasteiger partial charge in [-0.1, -0.05) is 29.3 Å². The summed E-state index contributed by atoms with van der Waals surface area (Å²) in [6, 6.07) is 6.82. The second-order valence-corrected chi connectivity index (χ2v) is 9.46. The van der Waals surface area contributed by atoms with Crippen LogP contribution < -0.4 is 16.2 Å². The molecule has 0 saturated carbocycles. The molecule has 0 amide bonds. The van der Waals surface area contributed by atoms with E-state index in [1.54, 1.807) is 31.2 Å². The van der Waals surface area contributed by atoms with Crippen molar-refractivity contribution < 1.29 is 4.74 Å². The largest absolute Gasteiger partial charge is 0.366 e. The van der Waals surface area contributed by atoms with Crippen molar-refractivity contribution in [2.24, 2.45) is 11.1 Å². The van der Waals surface area contributed by atoms with E-state index in [-0.39, 0.29) is 21.1 Å². The van der Waals surface area contributed by atoms with E-state index in [4.69, 9.17) is 33.7 Å². The number of alkyl halides is 1. The summed E-state index contributed by atoms with van der Waals surface area (Å²) >= 11 is 14.7. The van der Waals surface area contributed by atoms with Gasteiger partial charge in [-0.15, -0.1) is 0 Å². The third-order valence-electron chi connectivity index (χ3n) is 5.85. The van der Waals surface area contributed by atoms with Gasteiger partial charge < -0.3 is 15.4 Å². The molecule has 0 aliphatic carbocycles. The van der Waals surface area contributed by atoms with Gasteiger partial charge in [0.2, 0.25) is 0 Å². The highest BCUT2D eigenvalue weighted by molar-refractivity contribution is 14.1. The highest BCUT2D eigenvalue weighted by atomic mass is 127. The quantitative estimate of drug-likeness (QED) is 0.471. The van der Waals surface area contributed by atoms with Crippen molar-refractivity contribution >= 4 is 51.6 Å². The van der Waals surface area contributed by atoms with Crippen molar-refractivity contribution in [1.29, 1.82) is 0 Å². The number of aryl methyl sites for hydroxylation is 1. The highest BCUT2D eigenvalue weighted by Crippen LogP contribution is 2.43. The average molecular weight is 535 g/mol. The molecule has 2 atom stereocenters. The molecule has 2 saturated heterocycles. The van der Waals surface area contributed by atoms with Crippen molar-refractivity contribution in [3.63, 3.8) is 0 Å². The number of rotatable bonds is 2. The summed E-state index contributed by atoms with van der Waals surface area (Å²) in [7, 11) is 0. The summed E-state index contributed by atoms with van der Waals surface area (Å²) in [5.41, 5.74) is 6.77. The topological polar surface area (TPSA) is 73.4 Å². The molecule has 1 aromatic heterocycles. The lowest BCUT2D eigenvalue weighted by atomic mass is 9.75. The molecule has 2 aliphatic rings. The van der Waals surface area contributed by atoms with E-state index in [1.807, 2.05) is 0 Å². The molecule has 2 aromatic rings. The van der Waals surface area contributed by atoms with Crippen LogP contribution in [0.5, 0.6) is 0 Å². The molecule has 3 heterocycles. The van der Waals surface area contributed by atoms with Gasteiger partial charge >= 0.3 is 0 Å². The number of hydrogen-bond donors (Lipinski definition) is 1. The number of benzene rings is 1. The standard InChI is InChI=1S/C19H21Cl2IN4O2/c1-11-24-14(9-15(27)26(11)13-4-2-3-12(20)16(13)21)25-7-5-19(6-8-25)10-28-18(22)17(19)23/h2-4,9,17-18H,5-8,10,23H2,1H3/t17-,18-/m1/s1. The Morgan fingerprint density at radius 1 is 1.32 bits per heavy atom. The van der Waals surface area contributed by atoms with Crippen LogP contribution in [-0.4, -0.2) is 39.4 Å². The predicted octanol–water partition coefficient (Wildman–Crippen LogP) is 3.55. The lowest BCUT2D eigenvalue weighted by Crippen LogP contribution is -2.50. The number of nitrogens with two attached hydrogens (primary N) is 1. The Morgan fingerprint density at radius 3 is 2.64 bits per heavy atom. The molecular weight excluding hydrogens is 514 g/mol. The van der Waals surface area contributed by atoms with E-state index in [9.17, 15) is 4.79 Å². The van der Waals surface area contributed by atoms with Crippen molar-refractivity contribution in [2.75, 3.05) is 24.6 Å². The van der Waals surface area contributed by atoms with Crippen LogP contribution in [0.25, 0.3) is 5.69 Å². The van der Waals surface area contributed by atoms with Crippen LogP contribution in [0.1, 0.15) is 18.7 Å². The van der Waals surface area contributed by atoms with Crippen LogP contribution in [0.2, 0.25) is 10.0 Å². The Balaban J connectivity index is 1.60. The van der Waals surface area contributed by atoms with Crippen LogP contribution in [0.4, 0.5) is 5.82 Å². The van der Waals surface area contributed by atoms with Gasteiger partial charge in [0.25, 0.3) is 5.56 Å². The smallest absolute Gasteiger partial charge is 0.260 e. The van der Waals surface area contributed by atoms with E-state index in [2.05, 4.69) is 32.5 Å². The Morgan fingerprint density at radius 2 is 2.04 bits per heavy atom. The maximum Gasteiger partial charge on any atom is 0.260 e. The minimum absolute atomic E-state index is 0.0285. The number of aromatic nitrogens is 2. The molecule has 2 N–H and O–H groups in total. The van der Waals surface area contributed by atoms with Gasteiger partial charge in [0.05, 0.1) is 22.3 Å². The lowest BCUT2D eigenvalue weighted by molar-refractivity contribution is 0.127. The lowest BCUT2D eigenvalue weighted by Gasteiger charge is -2.41. The molecule has 150 valence electrons. The molecule has 0 bridgehead atoms. The first-order chi connectivity index (χ1) is 13.3. The zero-order valence-electron chi connectivity index (χ0n) is 15.4. The molecule has 0 radical (unpaired) electrons. The fourth-order valence-corrected chi connectivity index (χ4v) is 5.41. The summed E-state index contributed by atoms with van der Waals surface area (Å²) in [5.74, 6) is 1.26. The second-order valence-electron chi connectivity index (χ2n) is 7.45. The van der Waals surface area contributed by atoms with Crippen LogP contribution in [0.3, 0.4) is 0 Å². The minimum Gasteiger partial charge on any atom is -0.366 e. The van der Waals surface area contributed by atoms with Gasteiger partial charge in [0, 0.05) is 30.6 Å². The van der Waals surface area contributed by atoms with E-state index in [1.165, 1.54) is 4.57 Å². The second kappa shape index (κ2) is 7.75. The molecule has 0 unspecified atom stereocenters. The monoisotopic (exact) mass is 534 g/mol. The normalized spacial score (nSPS) is 24.1. The number of piperidine rings is 1. The van der Waals surface area contributed by atoms with Crippen LogP contribution >= 0.6 is 45.8 Å². The molecule has 6 nitrogen and oxygen atoms in total. The van der Waals surface area contributed by atoms with Gasteiger partial charge in [0.1, 0.15) is 15.8 Å². The fraction of sp³-hybridized carbons (Fsp3) is 0.474. The third kappa shape index (κ3) is 3.45. The third-order valence-corrected chi connectivity index (χ3v) is 7.79. The summed E-state index contributed by atoms with van der Waals surface area (Å²) in [4.78, 5) is 19.7. The molecule has 28 heavy (non-hydrogen) atoms. The Kier molecular flexibility index (Phi) is 5.65. The minimum atomic E-state index is -0.180. The first-order valence-corrected chi connectivity index (χ1v) is 11.1. The number of anilines is 1. The van der Waals surface area contributed by atoms with Crippen LogP contribution in [0.15, 0.2) is 29.1 Å². The number of halogens is 3. The Bertz CT molecular complexity index is 959. The van der Waals surface area contributed by atoms with E-state index >= 15 is 0 Å². The van der Waals surface area contributed by atoms with Crippen molar-refractivity contribution in [3.05, 3.63) is 50.5 Å². The van der Waals surface area contributed by atoms with Gasteiger partial charge in [-0.3, -0.25) is 9.36 Å². The predicted molar refractivity (Wildman–Crippen MR) is 120 cm³/mol. The van der Waals surface area contributed by atoms with Gasteiger partial charge in [-0.05, 0) is 54.5 Å². The number of hydrogen-bond acceptors (Lipinski definition) is 5. The first kappa shape index (κ1) is 20.4. The average Bonchev–Trinajstić information content (AvgIpc) is 2.94. The van der Waals surface area contributed by atoms with Crippen LogP contribution in [-0.2, 0) is 4.74 Å². The summed E-state index contributed by atoms with van der Waals surface area (Å²) in [6.07, 6.45) is 1.86. The van der Waals surface area contributed by atoms with Gasteiger partial charge in [-0.2, -0.15) is 0 Å². The van der Waals surface area contributed by atoms with E-state index in [0.29, 0.717) is 34.0 Å². The van der Waals surface area contributed by atoms with Crippen molar-refractivity contribution in [2.45, 2.75) is 29.9 Å². The fourth-order valence-electron chi connectivity index (χ4n) is 4.08. The maximum atomic E-state index is 12.9. The Hall–Kier alpha value is -0.870. The van der Waals surface area contributed by atoms with E-state index < -0.39 is 0 Å². The van der Waals surface area contributed by atoms with Crippen LogP contribution in [0, 0.1) is 12.3 Å². The van der Waals surface area contributed by atoms with Crippen molar-refractivity contribution in [1.82, 2.24) is 9.55 Å². The van der Waals surface area contributed by atoms with Crippen molar-refractivity contribution in [3.8, 4) is 5.69 Å². The molecule has 2 aliphatic heterocycles. The number of nitrogens with zero attached hydrogens (tertiary/aromatic N) is 3. The molecule has 4 rings (SSSR count).